The summed E-state index contributed by atoms with van der Waals surface area (Å²) in [6.07, 6.45) is 0.906. The number of hydrogen-bond acceptors (Lipinski definition) is 5. The Kier molecular flexibility index (Phi) is 5.17. The van der Waals surface area contributed by atoms with Gasteiger partial charge in [-0.1, -0.05) is 13.8 Å². The Morgan fingerprint density at radius 1 is 1.48 bits per heavy atom. The van der Waals surface area contributed by atoms with Gasteiger partial charge in [0.25, 0.3) is 17.2 Å². The second kappa shape index (κ2) is 6.64. The first kappa shape index (κ1) is 16.3. The van der Waals surface area contributed by atoms with Crippen LogP contribution in [0.2, 0.25) is 0 Å². The van der Waals surface area contributed by atoms with Gasteiger partial charge in [0, 0.05) is 12.6 Å². The second-order valence-electron chi connectivity index (χ2n) is 4.86. The van der Waals surface area contributed by atoms with Gasteiger partial charge < -0.3 is 11.1 Å². The van der Waals surface area contributed by atoms with Crippen molar-refractivity contribution < 1.29 is 14.5 Å². The number of hydrogen-bond donors (Lipinski definition) is 2. The number of primary amides is 1. The molecule has 1 heterocycles. The van der Waals surface area contributed by atoms with Crippen molar-refractivity contribution in [3.8, 4) is 0 Å². The third-order valence-electron chi connectivity index (χ3n) is 2.57. The maximum atomic E-state index is 11.9. The smallest absolute Gasteiger partial charge is 0.286 e. The number of amides is 2. The molecule has 0 spiro atoms. The molecule has 0 saturated carbocycles. The highest BCUT2D eigenvalue weighted by Gasteiger charge is 2.18. The fourth-order valence-electron chi connectivity index (χ4n) is 1.54. The summed E-state index contributed by atoms with van der Waals surface area (Å²) in [5.74, 6) is -1.35. The predicted octanol–water partition coefficient (Wildman–Crippen LogP) is -0.372. The average molecular weight is 296 g/mol. The van der Waals surface area contributed by atoms with Crippen molar-refractivity contribution in [2.24, 2.45) is 11.7 Å². The average Bonchev–Trinajstić information content (AvgIpc) is 2.38. The molecule has 0 aromatic carbocycles. The molecular weight excluding hydrogens is 280 g/mol. The fourth-order valence-corrected chi connectivity index (χ4v) is 1.54. The quantitative estimate of drug-likeness (QED) is 0.544. The third-order valence-corrected chi connectivity index (χ3v) is 2.57. The predicted molar refractivity (Wildman–Crippen MR) is 73.7 cm³/mol. The molecule has 2 amide bonds. The van der Waals surface area contributed by atoms with Gasteiger partial charge in [0.05, 0.1) is 11.1 Å². The summed E-state index contributed by atoms with van der Waals surface area (Å²) in [6, 6.07) is 0.799. The SMILES string of the molecule is CC(C)CNC(=O)Cn1cc([N+](=O)[O-])cc(C(N)=O)c1=O. The van der Waals surface area contributed by atoms with Crippen LogP contribution in [0.25, 0.3) is 0 Å². The standard InChI is InChI=1S/C12H16N4O5/c1-7(2)4-14-10(17)6-15-5-8(16(20)21)3-9(11(13)18)12(15)19/h3,5,7H,4,6H2,1-2H3,(H2,13,18)(H,14,17). The van der Waals surface area contributed by atoms with Crippen LogP contribution >= 0.6 is 0 Å². The molecule has 1 rings (SSSR count). The lowest BCUT2D eigenvalue weighted by Crippen LogP contribution is -2.36. The van der Waals surface area contributed by atoms with Crippen molar-refractivity contribution in [3.05, 3.63) is 38.3 Å². The lowest BCUT2D eigenvalue weighted by molar-refractivity contribution is -0.385. The third kappa shape index (κ3) is 4.41. The molecule has 0 aliphatic heterocycles. The maximum absolute atomic E-state index is 11.9. The highest BCUT2D eigenvalue weighted by molar-refractivity contribution is 5.93. The molecule has 0 aliphatic rings. The van der Waals surface area contributed by atoms with Crippen LogP contribution in [0.1, 0.15) is 24.2 Å². The van der Waals surface area contributed by atoms with Gasteiger partial charge in [-0.15, -0.1) is 0 Å². The summed E-state index contributed by atoms with van der Waals surface area (Å²) in [5.41, 5.74) is 3.15. The van der Waals surface area contributed by atoms with E-state index in [4.69, 9.17) is 5.73 Å². The van der Waals surface area contributed by atoms with E-state index in [-0.39, 0.29) is 5.92 Å². The summed E-state index contributed by atoms with van der Waals surface area (Å²) in [6.45, 7) is 3.77. The van der Waals surface area contributed by atoms with Gasteiger partial charge in [0.15, 0.2) is 0 Å². The van der Waals surface area contributed by atoms with E-state index in [1.807, 2.05) is 13.8 Å². The highest BCUT2D eigenvalue weighted by Crippen LogP contribution is 2.09. The van der Waals surface area contributed by atoms with Gasteiger partial charge in [-0.05, 0) is 5.92 Å². The largest absolute Gasteiger partial charge is 0.365 e. The number of pyridine rings is 1. The molecule has 21 heavy (non-hydrogen) atoms. The first-order chi connectivity index (χ1) is 9.72. The number of rotatable bonds is 6. The number of nitrogens with one attached hydrogen (secondary N) is 1. The van der Waals surface area contributed by atoms with E-state index in [0.717, 1.165) is 16.8 Å². The second-order valence-corrected chi connectivity index (χ2v) is 4.86. The molecule has 1 aromatic heterocycles. The summed E-state index contributed by atoms with van der Waals surface area (Å²) >= 11 is 0. The number of carbonyl (C=O) groups excluding carboxylic acids is 2. The Labute approximate surface area is 119 Å². The van der Waals surface area contributed by atoms with Crippen molar-refractivity contribution >= 4 is 17.5 Å². The summed E-state index contributed by atoms with van der Waals surface area (Å²) in [4.78, 5) is 44.7. The van der Waals surface area contributed by atoms with Crippen LogP contribution in [0.5, 0.6) is 0 Å². The van der Waals surface area contributed by atoms with Crippen molar-refractivity contribution in [2.75, 3.05) is 6.54 Å². The number of aromatic nitrogens is 1. The van der Waals surface area contributed by atoms with E-state index >= 15 is 0 Å². The van der Waals surface area contributed by atoms with E-state index in [0.29, 0.717) is 6.54 Å². The van der Waals surface area contributed by atoms with E-state index in [1.54, 1.807) is 0 Å². The van der Waals surface area contributed by atoms with Gasteiger partial charge in [-0.3, -0.25) is 29.1 Å². The first-order valence-corrected chi connectivity index (χ1v) is 6.17. The Morgan fingerprint density at radius 2 is 2.10 bits per heavy atom. The Balaban J connectivity index is 3.11. The molecule has 0 radical (unpaired) electrons. The number of nitrogens with zero attached hydrogens (tertiary/aromatic N) is 2. The maximum Gasteiger partial charge on any atom is 0.286 e. The molecule has 0 fully saturated rings. The Bertz CT molecular complexity index is 635. The molecule has 9 nitrogen and oxygen atoms in total. The van der Waals surface area contributed by atoms with E-state index in [9.17, 15) is 24.5 Å². The van der Waals surface area contributed by atoms with Gasteiger partial charge in [-0.25, -0.2) is 0 Å². The monoisotopic (exact) mass is 296 g/mol. The molecule has 0 unspecified atom stereocenters. The topological polar surface area (TPSA) is 137 Å². The van der Waals surface area contributed by atoms with E-state index in [2.05, 4.69) is 5.32 Å². The minimum atomic E-state index is -1.08. The minimum absolute atomic E-state index is 0.219. The van der Waals surface area contributed by atoms with Crippen molar-refractivity contribution in [3.63, 3.8) is 0 Å². The summed E-state index contributed by atoms with van der Waals surface area (Å²) in [5, 5.41) is 13.3. The lowest BCUT2D eigenvalue weighted by Gasteiger charge is -2.09. The lowest BCUT2D eigenvalue weighted by atomic mass is 10.2. The van der Waals surface area contributed by atoms with Crippen LogP contribution in [0, 0.1) is 16.0 Å². The minimum Gasteiger partial charge on any atom is -0.365 e. The van der Waals surface area contributed by atoms with Gasteiger partial charge >= 0.3 is 0 Å². The first-order valence-electron chi connectivity index (χ1n) is 6.17. The van der Waals surface area contributed by atoms with Crippen LogP contribution in [0.15, 0.2) is 17.1 Å². The normalized spacial score (nSPS) is 10.4. The van der Waals surface area contributed by atoms with Crippen molar-refractivity contribution in [1.82, 2.24) is 9.88 Å². The summed E-state index contributed by atoms with van der Waals surface area (Å²) < 4.78 is 0.799. The Morgan fingerprint density at radius 3 is 2.57 bits per heavy atom. The molecule has 1 aromatic rings. The van der Waals surface area contributed by atoms with Gasteiger partial charge in [0.1, 0.15) is 12.1 Å². The highest BCUT2D eigenvalue weighted by atomic mass is 16.6. The zero-order valence-electron chi connectivity index (χ0n) is 11.7. The van der Waals surface area contributed by atoms with Crippen LogP contribution in [-0.4, -0.2) is 27.8 Å². The van der Waals surface area contributed by atoms with E-state index < -0.39 is 40.1 Å². The van der Waals surface area contributed by atoms with Crippen LogP contribution in [0.3, 0.4) is 0 Å². The van der Waals surface area contributed by atoms with Crippen molar-refractivity contribution in [2.45, 2.75) is 20.4 Å². The summed E-state index contributed by atoms with van der Waals surface area (Å²) in [7, 11) is 0. The molecule has 0 saturated heterocycles. The molecule has 114 valence electrons. The van der Waals surface area contributed by atoms with Crippen molar-refractivity contribution in [1.29, 1.82) is 0 Å². The molecule has 0 bridgehead atoms. The molecule has 0 atom stereocenters. The molecule has 0 aliphatic carbocycles. The number of carbonyl (C=O) groups is 2. The molecule has 9 heteroatoms. The van der Waals surface area contributed by atoms with Crippen LogP contribution in [-0.2, 0) is 11.3 Å². The molecule has 3 N–H and O–H groups in total. The number of nitro groups is 1. The zero-order valence-corrected chi connectivity index (χ0v) is 11.7. The zero-order chi connectivity index (χ0) is 16.2. The van der Waals surface area contributed by atoms with Crippen LogP contribution in [0.4, 0.5) is 5.69 Å². The van der Waals surface area contributed by atoms with Crippen LogP contribution < -0.4 is 16.6 Å². The fraction of sp³-hybridized carbons (Fsp3) is 0.417. The van der Waals surface area contributed by atoms with Gasteiger partial charge in [0.2, 0.25) is 5.91 Å². The number of nitrogens with two attached hydrogens (primary N) is 1. The van der Waals surface area contributed by atoms with Gasteiger partial charge in [-0.2, -0.15) is 0 Å². The van der Waals surface area contributed by atoms with E-state index in [1.165, 1.54) is 0 Å². The Hall–Kier alpha value is -2.71. The molecular formula is C12H16N4O5.